The number of rotatable bonds is 4. The molecule has 1 heterocycles. The number of nitrogens with one attached hydrogen (secondary N) is 1. The van der Waals surface area contributed by atoms with Crippen LogP contribution in [-0.2, 0) is 13.5 Å². The second-order valence-corrected chi connectivity index (χ2v) is 5.00. The highest BCUT2D eigenvalue weighted by Crippen LogP contribution is 2.25. The van der Waals surface area contributed by atoms with Crippen molar-refractivity contribution in [2.75, 3.05) is 7.05 Å². The molecule has 2 aromatic rings. The van der Waals surface area contributed by atoms with Gasteiger partial charge >= 0.3 is 0 Å². The summed E-state index contributed by atoms with van der Waals surface area (Å²) < 4.78 is 1.86. The monoisotopic (exact) mass is 283 g/mol. The maximum Gasteiger partial charge on any atom is 0.0553 e. The molecule has 1 aromatic carbocycles. The molecule has 1 unspecified atom stereocenters. The van der Waals surface area contributed by atoms with E-state index >= 15 is 0 Å². The van der Waals surface area contributed by atoms with E-state index in [2.05, 4.69) is 10.4 Å². The fourth-order valence-corrected chi connectivity index (χ4v) is 2.39. The molecule has 0 fully saturated rings. The standard InChI is InChI=1S/C13H15Cl2N3/c1-16-12(13-5-6-17-18(13)2)8-9-7-10(14)3-4-11(9)15/h3-7,12,16H,8H2,1-2H3. The lowest BCUT2D eigenvalue weighted by Gasteiger charge is -2.17. The van der Waals surface area contributed by atoms with Crippen LogP contribution in [0.3, 0.4) is 0 Å². The van der Waals surface area contributed by atoms with Gasteiger partial charge in [-0.05, 0) is 43.3 Å². The van der Waals surface area contributed by atoms with Crippen LogP contribution in [0.4, 0.5) is 0 Å². The Balaban J connectivity index is 2.26. The first-order valence-corrected chi connectivity index (χ1v) is 6.46. The van der Waals surface area contributed by atoms with E-state index in [-0.39, 0.29) is 6.04 Å². The molecule has 1 N–H and O–H groups in total. The summed E-state index contributed by atoms with van der Waals surface area (Å²) in [5, 5.41) is 8.90. The van der Waals surface area contributed by atoms with Crippen molar-refractivity contribution in [3.8, 4) is 0 Å². The van der Waals surface area contributed by atoms with Crippen LogP contribution in [0, 0.1) is 0 Å². The van der Waals surface area contributed by atoms with Gasteiger partial charge in [0.15, 0.2) is 0 Å². The van der Waals surface area contributed by atoms with Crippen molar-refractivity contribution in [3.05, 3.63) is 51.8 Å². The van der Waals surface area contributed by atoms with E-state index < -0.39 is 0 Å². The average Bonchev–Trinajstić information content (AvgIpc) is 2.77. The molecule has 0 saturated heterocycles. The Labute approximate surface area is 117 Å². The maximum absolute atomic E-state index is 6.19. The molecule has 0 aliphatic heterocycles. The predicted molar refractivity (Wildman–Crippen MR) is 75.2 cm³/mol. The number of aromatic nitrogens is 2. The van der Waals surface area contributed by atoms with E-state index in [0.717, 1.165) is 22.7 Å². The zero-order chi connectivity index (χ0) is 13.1. The highest BCUT2D eigenvalue weighted by atomic mass is 35.5. The van der Waals surface area contributed by atoms with Crippen molar-refractivity contribution >= 4 is 23.2 Å². The molecular weight excluding hydrogens is 269 g/mol. The Morgan fingerprint density at radius 3 is 2.72 bits per heavy atom. The Bertz CT molecular complexity index is 537. The second-order valence-electron chi connectivity index (χ2n) is 4.16. The number of hydrogen-bond donors (Lipinski definition) is 1. The van der Waals surface area contributed by atoms with Gasteiger partial charge in [0.2, 0.25) is 0 Å². The molecular formula is C13H15Cl2N3. The number of likely N-dealkylation sites (N-methyl/N-ethyl adjacent to an activating group) is 1. The van der Waals surface area contributed by atoms with Crippen molar-refractivity contribution in [1.29, 1.82) is 0 Å². The van der Waals surface area contributed by atoms with Gasteiger partial charge in [0.25, 0.3) is 0 Å². The molecule has 0 aliphatic rings. The summed E-state index contributed by atoms with van der Waals surface area (Å²) in [6, 6.07) is 7.69. The Kier molecular flexibility index (Phi) is 4.27. The molecule has 96 valence electrons. The van der Waals surface area contributed by atoms with Gasteiger partial charge in [0.05, 0.1) is 11.7 Å². The highest BCUT2D eigenvalue weighted by molar-refractivity contribution is 6.33. The van der Waals surface area contributed by atoms with Crippen LogP contribution in [0.25, 0.3) is 0 Å². The molecule has 3 nitrogen and oxygen atoms in total. The zero-order valence-electron chi connectivity index (χ0n) is 10.3. The lowest BCUT2D eigenvalue weighted by Crippen LogP contribution is -2.21. The molecule has 0 bridgehead atoms. The van der Waals surface area contributed by atoms with Crippen molar-refractivity contribution in [1.82, 2.24) is 15.1 Å². The average molecular weight is 284 g/mol. The molecule has 5 heteroatoms. The van der Waals surface area contributed by atoms with Crippen molar-refractivity contribution in [2.45, 2.75) is 12.5 Å². The minimum absolute atomic E-state index is 0.161. The Hall–Kier alpha value is -1.03. The van der Waals surface area contributed by atoms with Crippen LogP contribution >= 0.6 is 23.2 Å². The molecule has 0 radical (unpaired) electrons. The van der Waals surface area contributed by atoms with Crippen LogP contribution in [0.15, 0.2) is 30.5 Å². The minimum atomic E-state index is 0.161. The summed E-state index contributed by atoms with van der Waals surface area (Å²) in [6.07, 6.45) is 2.56. The normalized spacial score (nSPS) is 12.7. The lowest BCUT2D eigenvalue weighted by molar-refractivity contribution is 0.537. The Morgan fingerprint density at radius 1 is 1.33 bits per heavy atom. The maximum atomic E-state index is 6.19. The topological polar surface area (TPSA) is 29.9 Å². The van der Waals surface area contributed by atoms with Crippen LogP contribution in [0.1, 0.15) is 17.3 Å². The molecule has 18 heavy (non-hydrogen) atoms. The van der Waals surface area contributed by atoms with Crippen LogP contribution in [-0.4, -0.2) is 16.8 Å². The summed E-state index contributed by atoms with van der Waals surface area (Å²) in [7, 11) is 3.86. The molecule has 0 amide bonds. The zero-order valence-corrected chi connectivity index (χ0v) is 11.8. The third kappa shape index (κ3) is 2.86. The van der Waals surface area contributed by atoms with Crippen LogP contribution in [0.5, 0.6) is 0 Å². The first kappa shape index (κ1) is 13.4. The van der Waals surface area contributed by atoms with E-state index in [1.807, 2.05) is 37.0 Å². The fourth-order valence-electron chi connectivity index (χ4n) is 2.00. The summed E-state index contributed by atoms with van der Waals surface area (Å²) in [5.41, 5.74) is 2.15. The van der Waals surface area contributed by atoms with Gasteiger partial charge in [-0.3, -0.25) is 4.68 Å². The van der Waals surface area contributed by atoms with E-state index in [0.29, 0.717) is 5.02 Å². The molecule has 1 aromatic heterocycles. The smallest absolute Gasteiger partial charge is 0.0553 e. The number of halogens is 2. The molecule has 0 spiro atoms. The third-order valence-corrected chi connectivity index (χ3v) is 3.60. The third-order valence-electron chi connectivity index (χ3n) is 3.00. The second kappa shape index (κ2) is 5.74. The molecule has 1 atom stereocenters. The van der Waals surface area contributed by atoms with Gasteiger partial charge in [-0.15, -0.1) is 0 Å². The van der Waals surface area contributed by atoms with Gasteiger partial charge in [-0.2, -0.15) is 5.10 Å². The van der Waals surface area contributed by atoms with E-state index in [1.165, 1.54) is 0 Å². The number of benzene rings is 1. The van der Waals surface area contributed by atoms with Gasteiger partial charge in [-0.25, -0.2) is 0 Å². The van der Waals surface area contributed by atoms with Crippen molar-refractivity contribution in [3.63, 3.8) is 0 Å². The van der Waals surface area contributed by atoms with E-state index in [4.69, 9.17) is 23.2 Å². The van der Waals surface area contributed by atoms with Gasteiger partial charge in [-0.1, -0.05) is 23.2 Å². The fraction of sp³-hybridized carbons (Fsp3) is 0.308. The largest absolute Gasteiger partial charge is 0.311 e. The molecule has 0 saturated carbocycles. The molecule has 2 rings (SSSR count). The van der Waals surface area contributed by atoms with Gasteiger partial charge < -0.3 is 5.32 Å². The van der Waals surface area contributed by atoms with Crippen molar-refractivity contribution < 1.29 is 0 Å². The minimum Gasteiger partial charge on any atom is -0.311 e. The summed E-state index contributed by atoms with van der Waals surface area (Å²) in [4.78, 5) is 0. The molecule has 0 aliphatic carbocycles. The summed E-state index contributed by atoms with van der Waals surface area (Å²) in [5.74, 6) is 0. The van der Waals surface area contributed by atoms with Gasteiger partial charge in [0, 0.05) is 23.3 Å². The first-order chi connectivity index (χ1) is 8.61. The van der Waals surface area contributed by atoms with Gasteiger partial charge in [0.1, 0.15) is 0 Å². The summed E-state index contributed by atoms with van der Waals surface area (Å²) >= 11 is 12.2. The number of aryl methyl sites for hydroxylation is 1. The number of nitrogens with zero attached hydrogens (tertiary/aromatic N) is 2. The predicted octanol–water partition coefficient (Wildman–Crippen LogP) is 3.23. The summed E-state index contributed by atoms with van der Waals surface area (Å²) in [6.45, 7) is 0. The first-order valence-electron chi connectivity index (χ1n) is 5.71. The number of hydrogen-bond acceptors (Lipinski definition) is 2. The van der Waals surface area contributed by atoms with Crippen molar-refractivity contribution in [2.24, 2.45) is 7.05 Å². The Morgan fingerprint density at radius 2 is 2.11 bits per heavy atom. The van der Waals surface area contributed by atoms with E-state index in [9.17, 15) is 0 Å². The van der Waals surface area contributed by atoms with Crippen LogP contribution in [0.2, 0.25) is 10.0 Å². The quantitative estimate of drug-likeness (QED) is 0.934. The SMILES string of the molecule is CNC(Cc1cc(Cl)ccc1Cl)c1ccnn1C. The highest BCUT2D eigenvalue weighted by Gasteiger charge is 2.15. The lowest BCUT2D eigenvalue weighted by atomic mass is 10.0. The van der Waals surface area contributed by atoms with E-state index in [1.54, 1.807) is 12.3 Å². The van der Waals surface area contributed by atoms with Crippen LogP contribution < -0.4 is 5.32 Å².